The van der Waals surface area contributed by atoms with Crippen molar-refractivity contribution in [3.05, 3.63) is 12.3 Å². The molecule has 0 aliphatic rings. The molecule has 0 heterocycles. The Morgan fingerprint density at radius 2 is 1.50 bits per heavy atom. The molecule has 6 N–H and O–H groups in total. The minimum Gasteiger partial charge on any atom is -0.693 e. The molecule has 6 nitrogen and oxygen atoms in total. The molecule has 0 atom stereocenters. The van der Waals surface area contributed by atoms with E-state index in [1.807, 2.05) is 6.92 Å². The van der Waals surface area contributed by atoms with Crippen LogP contribution in [0.4, 0.5) is 0 Å². The number of carboxylic acids is 2. The molecule has 0 radical (unpaired) electrons. The molecule has 0 unspecified atom stereocenters. The molecule has 0 amide bonds. The molecule has 0 saturated heterocycles. The molecule has 14 heavy (non-hydrogen) atoms. The summed E-state index contributed by atoms with van der Waals surface area (Å²) in [5.41, 5.74) is 0. The summed E-state index contributed by atoms with van der Waals surface area (Å²) >= 11 is 0. The third-order valence-electron chi connectivity index (χ3n) is 1.44. The minimum absolute atomic E-state index is 0. The number of hydrogen-bond donors (Lipinski definition) is 2. The van der Waals surface area contributed by atoms with Gasteiger partial charge in [0.05, 0.1) is 0 Å². The topological polar surface area (TPSA) is 142 Å². The van der Waals surface area contributed by atoms with Crippen LogP contribution in [0.5, 0.6) is 0 Å². The van der Waals surface area contributed by atoms with Crippen molar-refractivity contribution in [2.75, 3.05) is 0 Å². The zero-order valence-corrected chi connectivity index (χ0v) is 10.2. The van der Waals surface area contributed by atoms with Gasteiger partial charge in [0, 0.05) is 0 Å². The fraction of sp³-hybridized carbons (Fsp3) is 0.714. The third-order valence-corrected chi connectivity index (χ3v) is 1.44. The Hall–Kier alpha value is -0.452. The van der Waals surface area contributed by atoms with Crippen LogP contribution in [0.25, 0.3) is 12.3 Å². The number of aliphatic carboxylic acids is 2. The van der Waals surface area contributed by atoms with Crippen LogP contribution in [0.2, 0.25) is 0 Å². The van der Waals surface area contributed by atoms with Crippen LogP contribution in [0, 0.1) is 5.92 Å². The van der Waals surface area contributed by atoms with Gasteiger partial charge in [-0.1, -0.05) is 19.8 Å². The summed E-state index contributed by atoms with van der Waals surface area (Å²) in [6.45, 7) is 1.89. The van der Waals surface area contributed by atoms with Gasteiger partial charge >= 0.3 is 33.0 Å². The summed E-state index contributed by atoms with van der Waals surface area (Å²) < 4.78 is 0. The number of carbonyl (C=O) groups is 2. The first-order chi connectivity index (χ1) is 5.09. The van der Waals surface area contributed by atoms with E-state index in [1.165, 1.54) is 0 Å². The molecule has 0 aromatic rings. The van der Waals surface area contributed by atoms with Gasteiger partial charge in [-0.15, -0.1) is 0 Å². The predicted molar refractivity (Wildman–Crippen MR) is 48.9 cm³/mol. The normalized spacial score (nSPS) is 7.86. The van der Waals surface area contributed by atoms with Crippen LogP contribution < -0.4 is 0 Å². The molecule has 0 fully saturated rings. The van der Waals surface area contributed by atoms with Gasteiger partial charge in [0.25, 0.3) is 0 Å². The van der Waals surface area contributed by atoms with Crippen molar-refractivity contribution in [2.24, 2.45) is 5.92 Å². The summed E-state index contributed by atoms with van der Waals surface area (Å²) in [6, 6.07) is 0. The molecule has 0 aromatic carbocycles. The van der Waals surface area contributed by atoms with Gasteiger partial charge in [-0.3, -0.25) is 9.59 Å². The smallest absolute Gasteiger partial charge is 0.693 e. The Labute approximate surface area is 97.5 Å². The van der Waals surface area contributed by atoms with Crippen LogP contribution >= 0.6 is 0 Å². The number of rotatable bonds is 5. The number of carboxylic acid groups (broad SMARTS) is 2. The van der Waals surface area contributed by atoms with E-state index in [0.717, 1.165) is 6.42 Å². The Bertz CT molecular complexity index is 152. The third kappa shape index (κ3) is 9.63. The first-order valence-corrected chi connectivity index (χ1v) is 3.55. The van der Waals surface area contributed by atoms with E-state index in [2.05, 4.69) is 0 Å². The molecule has 0 rings (SSSR count). The molecule has 0 spiro atoms. The Balaban J connectivity index is -0.000000167. The average Bonchev–Trinajstić information content (AvgIpc) is 1.87. The predicted octanol–water partition coefficient (Wildman–Crippen LogP) is 2.39. The Kier molecular flexibility index (Phi) is 21.0. The Morgan fingerprint density at radius 3 is 1.71 bits per heavy atom. The maximum Gasteiger partial charge on any atom is 2.00 e. The minimum atomic E-state index is -1.24. The van der Waals surface area contributed by atoms with Crippen molar-refractivity contribution in [3.63, 3.8) is 0 Å². The van der Waals surface area contributed by atoms with Gasteiger partial charge in [-0.25, -0.2) is 0 Å². The molecule has 0 saturated carbocycles. The molecule has 88 valence electrons. The molecular formula is C7H16N2O4Pt. The van der Waals surface area contributed by atoms with Gasteiger partial charge in [-0.05, 0) is 6.42 Å². The number of unbranched alkanes of at least 4 members (excludes halogenated alkanes) is 1. The van der Waals surface area contributed by atoms with E-state index in [0.29, 0.717) is 6.42 Å². The fourth-order valence-electron chi connectivity index (χ4n) is 0.761. The summed E-state index contributed by atoms with van der Waals surface area (Å²) in [5.74, 6) is -3.72. The van der Waals surface area contributed by atoms with Crippen molar-refractivity contribution >= 4 is 11.9 Å². The SMILES string of the molecule is CCCCC(C(=O)O)C(=O)O.[NH2-].[NH2-].[Pt+2]. The largest absolute Gasteiger partial charge is 2.00 e. The fourth-order valence-corrected chi connectivity index (χ4v) is 0.761. The van der Waals surface area contributed by atoms with Crippen molar-refractivity contribution < 1.29 is 40.9 Å². The summed E-state index contributed by atoms with van der Waals surface area (Å²) in [4.78, 5) is 20.5. The standard InChI is InChI=1S/C7H12O4.2H2N.Pt/c1-2-3-4-5(6(8)9)7(10)11;;;/h5H,2-4H2,1H3,(H,8,9)(H,10,11);2*1H2;/q;2*-1;+2. The summed E-state index contributed by atoms with van der Waals surface area (Å²) in [7, 11) is 0. The van der Waals surface area contributed by atoms with Gasteiger partial charge < -0.3 is 22.5 Å². The number of hydrogen-bond acceptors (Lipinski definition) is 2. The second-order valence-electron chi connectivity index (χ2n) is 2.37. The summed E-state index contributed by atoms with van der Waals surface area (Å²) in [6.07, 6.45) is 1.68. The molecule has 0 aromatic heterocycles. The first kappa shape index (κ1) is 23.4. The van der Waals surface area contributed by atoms with Crippen molar-refractivity contribution in [2.45, 2.75) is 26.2 Å². The number of nitrogens with two attached hydrogens (primary N) is 2. The zero-order valence-electron chi connectivity index (χ0n) is 7.88. The maximum absolute atomic E-state index is 10.3. The molecular weight excluding hydrogens is 371 g/mol. The van der Waals surface area contributed by atoms with E-state index >= 15 is 0 Å². The van der Waals surface area contributed by atoms with Crippen LogP contribution in [0.1, 0.15) is 26.2 Å². The van der Waals surface area contributed by atoms with Crippen LogP contribution in [-0.4, -0.2) is 22.2 Å². The van der Waals surface area contributed by atoms with Gasteiger partial charge in [0.2, 0.25) is 0 Å². The monoisotopic (exact) mass is 387 g/mol. The first-order valence-electron chi connectivity index (χ1n) is 3.55. The van der Waals surface area contributed by atoms with Gasteiger partial charge in [-0.2, -0.15) is 0 Å². The van der Waals surface area contributed by atoms with Crippen LogP contribution in [0.15, 0.2) is 0 Å². The van der Waals surface area contributed by atoms with E-state index in [9.17, 15) is 9.59 Å². The van der Waals surface area contributed by atoms with E-state index in [4.69, 9.17) is 10.2 Å². The van der Waals surface area contributed by atoms with Crippen molar-refractivity contribution in [1.29, 1.82) is 0 Å². The van der Waals surface area contributed by atoms with E-state index in [1.54, 1.807) is 0 Å². The Morgan fingerprint density at radius 1 is 1.14 bits per heavy atom. The molecule has 0 aliphatic heterocycles. The second-order valence-corrected chi connectivity index (χ2v) is 2.37. The summed E-state index contributed by atoms with van der Waals surface area (Å²) in [5, 5.41) is 16.8. The van der Waals surface area contributed by atoms with Crippen molar-refractivity contribution in [3.8, 4) is 0 Å². The van der Waals surface area contributed by atoms with Crippen LogP contribution in [-0.2, 0) is 30.7 Å². The van der Waals surface area contributed by atoms with E-state index in [-0.39, 0.29) is 39.8 Å². The quantitative estimate of drug-likeness (QED) is 0.699. The van der Waals surface area contributed by atoms with Gasteiger partial charge in [0.1, 0.15) is 0 Å². The van der Waals surface area contributed by atoms with E-state index < -0.39 is 17.9 Å². The molecule has 7 heteroatoms. The van der Waals surface area contributed by atoms with Crippen LogP contribution in [0.3, 0.4) is 0 Å². The average molecular weight is 387 g/mol. The second kappa shape index (κ2) is 12.5. The van der Waals surface area contributed by atoms with Crippen molar-refractivity contribution in [1.82, 2.24) is 0 Å². The zero-order chi connectivity index (χ0) is 8.85. The maximum atomic E-state index is 10.3. The molecule has 0 aliphatic carbocycles. The van der Waals surface area contributed by atoms with Gasteiger partial charge in [0.15, 0.2) is 5.92 Å². The molecule has 0 bridgehead atoms.